The Balaban J connectivity index is 1.94. The van der Waals surface area contributed by atoms with Crippen LogP contribution in [0.3, 0.4) is 0 Å². The average molecular weight is 415 g/mol. The fourth-order valence-electron chi connectivity index (χ4n) is 3.84. The standard InChI is InChI=1S/C19H19BrN4O2/c1-19(2)7-13-15(14(25)8-19)16(10-3-5-11(20)6-4-10)24-18(23-13)12(9-22-24)17(21)26/h3-6,9,16,23H,7-8H2,1-2H3,(H2,21,26)/t16-/m0/s1. The van der Waals surface area contributed by atoms with Gasteiger partial charge in [0.05, 0.1) is 6.20 Å². The number of anilines is 1. The number of halogens is 1. The van der Waals surface area contributed by atoms with Gasteiger partial charge in [0.2, 0.25) is 0 Å². The number of Topliss-reactive ketones (excluding diaryl/α,β-unsaturated/α-hetero) is 1. The van der Waals surface area contributed by atoms with Crippen molar-refractivity contribution in [2.45, 2.75) is 32.7 Å². The summed E-state index contributed by atoms with van der Waals surface area (Å²) in [7, 11) is 0. The first-order valence-corrected chi connectivity index (χ1v) is 9.22. The Hall–Kier alpha value is -2.41. The van der Waals surface area contributed by atoms with Gasteiger partial charge in [-0.15, -0.1) is 0 Å². The van der Waals surface area contributed by atoms with E-state index in [-0.39, 0.29) is 17.2 Å². The van der Waals surface area contributed by atoms with E-state index in [1.54, 1.807) is 4.68 Å². The molecule has 134 valence electrons. The van der Waals surface area contributed by atoms with Gasteiger partial charge >= 0.3 is 0 Å². The lowest BCUT2D eigenvalue weighted by Crippen LogP contribution is -2.37. The van der Waals surface area contributed by atoms with Crippen molar-refractivity contribution in [1.82, 2.24) is 9.78 Å². The molecule has 7 heteroatoms. The molecule has 4 rings (SSSR count). The molecule has 0 fully saturated rings. The third-order valence-corrected chi connectivity index (χ3v) is 5.48. The summed E-state index contributed by atoms with van der Waals surface area (Å²) in [5.74, 6) is 0.117. The monoisotopic (exact) mass is 414 g/mol. The topological polar surface area (TPSA) is 90.0 Å². The lowest BCUT2D eigenvalue weighted by atomic mass is 9.73. The van der Waals surface area contributed by atoms with E-state index in [0.29, 0.717) is 17.8 Å². The second-order valence-corrected chi connectivity index (χ2v) is 8.54. The van der Waals surface area contributed by atoms with Crippen molar-refractivity contribution < 1.29 is 9.59 Å². The van der Waals surface area contributed by atoms with Crippen molar-refractivity contribution in [1.29, 1.82) is 0 Å². The highest BCUT2D eigenvalue weighted by molar-refractivity contribution is 9.10. The molecule has 0 unspecified atom stereocenters. The number of carbonyl (C=O) groups is 2. The van der Waals surface area contributed by atoms with E-state index in [0.717, 1.165) is 27.7 Å². The average Bonchev–Trinajstić information content (AvgIpc) is 2.96. The van der Waals surface area contributed by atoms with Gasteiger partial charge in [-0.25, -0.2) is 4.68 Å². The zero-order chi connectivity index (χ0) is 18.6. The molecule has 26 heavy (non-hydrogen) atoms. The molecule has 1 aliphatic heterocycles. The first-order chi connectivity index (χ1) is 12.3. The largest absolute Gasteiger partial charge is 0.365 e. The molecule has 1 aromatic carbocycles. The number of amides is 1. The third-order valence-electron chi connectivity index (χ3n) is 4.95. The molecule has 6 nitrogen and oxygen atoms in total. The molecular formula is C19H19BrN4O2. The number of carbonyl (C=O) groups excluding carboxylic acids is 2. The number of allylic oxidation sites excluding steroid dienone is 2. The van der Waals surface area contributed by atoms with Crippen LogP contribution in [0.1, 0.15) is 48.7 Å². The Labute approximate surface area is 159 Å². The smallest absolute Gasteiger partial charge is 0.254 e. The Kier molecular flexibility index (Phi) is 3.80. The molecular weight excluding hydrogens is 396 g/mol. The van der Waals surface area contributed by atoms with E-state index < -0.39 is 5.91 Å². The number of hydrogen-bond donors (Lipinski definition) is 2. The third kappa shape index (κ3) is 2.67. The van der Waals surface area contributed by atoms with Crippen LogP contribution in [-0.4, -0.2) is 21.5 Å². The van der Waals surface area contributed by atoms with Crippen LogP contribution in [0.2, 0.25) is 0 Å². The van der Waals surface area contributed by atoms with Gasteiger partial charge in [-0.3, -0.25) is 9.59 Å². The van der Waals surface area contributed by atoms with Crippen LogP contribution < -0.4 is 11.1 Å². The molecule has 0 radical (unpaired) electrons. The highest BCUT2D eigenvalue weighted by Gasteiger charge is 2.42. The zero-order valence-electron chi connectivity index (χ0n) is 14.5. The first kappa shape index (κ1) is 17.0. The van der Waals surface area contributed by atoms with Gasteiger partial charge in [0.15, 0.2) is 5.78 Å². The second kappa shape index (κ2) is 5.81. The number of primary amides is 1. The van der Waals surface area contributed by atoms with Crippen LogP contribution >= 0.6 is 15.9 Å². The van der Waals surface area contributed by atoms with E-state index in [1.807, 2.05) is 24.3 Å². The molecule has 2 aromatic rings. The number of ketones is 1. The summed E-state index contributed by atoms with van der Waals surface area (Å²) in [5, 5.41) is 7.65. The van der Waals surface area contributed by atoms with Gasteiger partial charge < -0.3 is 11.1 Å². The van der Waals surface area contributed by atoms with Gasteiger partial charge in [0, 0.05) is 22.2 Å². The molecule has 0 saturated carbocycles. The van der Waals surface area contributed by atoms with E-state index >= 15 is 0 Å². The second-order valence-electron chi connectivity index (χ2n) is 7.63. The van der Waals surface area contributed by atoms with Crippen molar-refractivity contribution in [3.05, 3.63) is 57.3 Å². The van der Waals surface area contributed by atoms with Crippen molar-refractivity contribution in [2.24, 2.45) is 11.1 Å². The number of nitrogens with two attached hydrogens (primary N) is 1. The molecule has 1 atom stereocenters. The first-order valence-electron chi connectivity index (χ1n) is 8.43. The van der Waals surface area contributed by atoms with E-state index in [1.165, 1.54) is 6.20 Å². The van der Waals surface area contributed by atoms with Crippen LogP contribution in [-0.2, 0) is 4.79 Å². The normalized spacial score (nSPS) is 21.0. The Morgan fingerprint density at radius 3 is 2.65 bits per heavy atom. The highest BCUT2D eigenvalue weighted by atomic mass is 79.9. The zero-order valence-corrected chi connectivity index (χ0v) is 16.1. The molecule has 1 amide bonds. The van der Waals surface area contributed by atoms with E-state index in [4.69, 9.17) is 5.73 Å². The fraction of sp³-hybridized carbons (Fsp3) is 0.316. The lowest BCUT2D eigenvalue weighted by Gasteiger charge is -2.39. The lowest BCUT2D eigenvalue weighted by molar-refractivity contribution is -0.118. The quantitative estimate of drug-likeness (QED) is 0.787. The number of nitrogens with zero attached hydrogens (tertiary/aromatic N) is 2. The Morgan fingerprint density at radius 2 is 2.00 bits per heavy atom. The summed E-state index contributed by atoms with van der Waals surface area (Å²) in [6, 6.07) is 7.44. The van der Waals surface area contributed by atoms with Crippen molar-refractivity contribution in [3.63, 3.8) is 0 Å². The predicted molar refractivity (Wildman–Crippen MR) is 102 cm³/mol. The molecule has 3 N–H and O–H groups in total. The molecule has 2 heterocycles. The summed E-state index contributed by atoms with van der Waals surface area (Å²) < 4.78 is 2.65. The SMILES string of the molecule is CC1(C)CC(=O)C2=C(C1)Nc1c(C(N)=O)cnn1[C@H]2c1ccc(Br)cc1. The van der Waals surface area contributed by atoms with Gasteiger partial charge in [-0.1, -0.05) is 41.9 Å². The number of fused-ring (bicyclic) bond motifs is 1. The van der Waals surface area contributed by atoms with Crippen LogP contribution in [0, 0.1) is 5.41 Å². The maximum atomic E-state index is 13.0. The predicted octanol–water partition coefficient (Wildman–Crippen LogP) is 3.40. The summed E-state index contributed by atoms with van der Waals surface area (Å²) in [6.07, 6.45) is 2.68. The maximum absolute atomic E-state index is 13.0. The minimum Gasteiger partial charge on any atom is -0.365 e. The van der Waals surface area contributed by atoms with Gasteiger partial charge in [-0.2, -0.15) is 5.10 Å². The fourth-order valence-corrected chi connectivity index (χ4v) is 4.11. The minimum absolute atomic E-state index is 0.110. The van der Waals surface area contributed by atoms with Crippen LogP contribution in [0.25, 0.3) is 0 Å². The summed E-state index contributed by atoms with van der Waals surface area (Å²) in [5.41, 5.74) is 8.22. The van der Waals surface area contributed by atoms with E-state index in [2.05, 4.69) is 40.2 Å². The van der Waals surface area contributed by atoms with Crippen LogP contribution in [0.4, 0.5) is 5.82 Å². The molecule has 2 aliphatic rings. The molecule has 0 bridgehead atoms. The Morgan fingerprint density at radius 1 is 1.31 bits per heavy atom. The van der Waals surface area contributed by atoms with Gasteiger partial charge in [-0.05, 0) is 29.5 Å². The molecule has 1 aromatic heterocycles. The Bertz CT molecular complexity index is 956. The summed E-state index contributed by atoms with van der Waals surface area (Å²) >= 11 is 3.45. The summed E-state index contributed by atoms with van der Waals surface area (Å²) in [6.45, 7) is 4.15. The number of rotatable bonds is 2. The van der Waals surface area contributed by atoms with Crippen LogP contribution in [0.15, 0.2) is 46.2 Å². The number of aromatic nitrogens is 2. The maximum Gasteiger partial charge on any atom is 0.254 e. The van der Waals surface area contributed by atoms with Crippen molar-refractivity contribution in [2.75, 3.05) is 5.32 Å². The molecule has 0 saturated heterocycles. The van der Waals surface area contributed by atoms with Crippen molar-refractivity contribution >= 4 is 33.4 Å². The van der Waals surface area contributed by atoms with Gasteiger partial charge in [0.25, 0.3) is 5.91 Å². The molecule has 1 aliphatic carbocycles. The number of benzene rings is 1. The molecule has 0 spiro atoms. The van der Waals surface area contributed by atoms with Crippen LogP contribution in [0.5, 0.6) is 0 Å². The summed E-state index contributed by atoms with van der Waals surface area (Å²) in [4.78, 5) is 24.8. The number of hydrogen-bond acceptors (Lipinski definition) is 4. The van der Waals surface area contributed by atoms with E-state index in [9.17, 15) is 9.59 Å². The van der Waals surface area contributed by atoms with Crippen molar-refractivity contribution in [3.8, 4) is 0 Å². The minimum atomic E-state index is -0.543. The number of nitrogens with one attached hydrogen (secondary N) is 1. The van der Waals surface area contributed by atoms with Gasteiger partial charge in [0.1, 0.15) is 17.4 Å². The highest BCUT2D eigenvalue weighted by Crippen LogP contribution is 2.46.